The number of hydrogen-bond acceptors (Lipinski definition) is 4. The molecule has 0 heterocycles. The Balaban J connectivity index is 2.19. The third-order valence-electron chi connectivity index (χ3n) is 4.21. The Morgan fingerprint density at radius 2 is 1.96 bits per heavy atom. The fourth-order valence-corrected chi connectivity index (χ4v) is 3.07. The van der Waals surface area contributed by atoms with Crippen molar-refractivity contribution >= 4 is 17.9 Å². The summed E-state index contributed by atoms with van der Waals surface area (Å²) in [4.78, 5) is 25.4. The average Bonchev–Trinajstić information content (AvgIpc) is 3.11. The Morgan fingerprint density at radius 3 is 2.54 bits per heavy atom. The molecule has 6 nitrogen and oxygen atoms in total. The Labute approximate surface area is 142 Å². The highest BCUT2D eigenvalue weighted by molar-refractivity contribution is 5.94. The van der Waals surface area contributed by atoms with Crippen LogP contribution in [0.5, 0.6) is 11.5 Å². The first-order chi connectivity index (χ1) is 11.6. The van der Waals surface area contributed by atoms with Gasteiger partial charge in [-0.05, 0) is 25.0 Å². The minimum atomic E-state index is -0.498. The number of ether oxygens (including phenoxy) is 2. The number of hydrogen-bond donors (Lipinski definition) is 1. The summed E-state index contributed by atoms with van der Waals surface area (Å²) in [5.41, 5.74) is 6.03. The Morgan fingerprint density at radius 1 is 1.25 bits per heavy atom. The summed E-state index contributed by atoms with van der Waals surface area (Å²) in [7, 11) is 3.11. The molecule has 1 aliphatic carbocycles. The number of primary amides is 1. The highest BCUT2D eigenvalue weighted by Gasteiger charge is 2.26. The van der Waals surface area contributed by atoms with E-state index in [9.17, 15) is 9.59 Å². The molecule has 1 fully saturated rings. The summed E-state index contributed by atoms with van der Waals surface area (Å²) in [6.45, 7) is -0.0525. The standard InChI is InChI=1S/C18H24N2O4/c1-23-15-9-5-6-13(18(15)24-2)10-11-17(22)20(12-16(19)21)14-7-3-4-8-14/h5-6,9-11,14H,3-4,7-8,12H2,1-2H3,(H2,19,21)/b11-10-. The molecular weight excluding hydrogens is 308 g/mol. The van der Waals surface area contributed by atoms with Crippen LogP contribution in [0.4, 0.5) is 0 Å². The maximum absolute atomic E-state index is 12.6. The molecule has 1 saturated carbocycles. The van der Waals surface area contributed by atoms with Crippen molar-refractivity contribution in [3.05, 3.63) is 29.8 Å². The summed E-state index contributed by atoms with van der Waals surface area (Å²) in [6, 6.07) is 5.53. The van der Waals surface area contributed by atoms with Crippen LogP contribution in [0.15, 0.2) is 24.3 Å². The van der Waals surface area contributed by atoms with Gasteiger partial charge in [0.2, 0.25) is 11.8 Å². The van der Waals surface area contributed by atoms with E-state index in [-0.39, 0.29) is 18.5 Å². The molecule has 0 spiro atoms. The summed E-state index contributed by atoms with van der Waals surface area (Å²) in [5.74, 6) is 0.441. The third kappa shape index (κ3) is 4.28. The molecule has 0 aromatic heterocycles. The minimum absolute atomic E-state index is 0.0525. The maximum Gasteiger partial charge on any atom is 0.247 e. The Bertz CT molecular complexity index is 621. The van der Waals surface area contributed by atoms with Crippen molar-refractivity contribution in [1.82, 2.24) is 4.90 Å². The lowest BCUT2D eigenvalue weighted by Crippen LogP contribution is -2.43. The quantitative estimate of drug-likeness (QED) is 0.774. The van der Waals surface area contributed by atoms with E-state index in [1.165, 1.54) is 6.08 Å². The molecule has 6 heteroatoms. The first-order valence-corrected chi connectivity index (χ1v) is 8.04. The number of amides is 2. The van der Waals surface area contributed by atoms with Gasteiger partial charge in [-0.2, -0.15) is 0 Å². The number of methoxy groups -OCH3 is 2. The highest BCUT2D eigenvalue weighted by Crippen LogP contribution is 2.31. The first-order valence-electron chi connectivity index (χ1n) is 8.04. The largest absolute Gasteiger partial charge is 0.493 e. The topological polar surface area (TPSA) is 81.9 Å². The van der Waals surface area contributed by atoms with Gasteiger partial charge in [0.15, 0.2) is 11.5 Å². The molecule has 1 aliphatic rings. The van der Waals surface area contributed by atoms with E-state index in [2.05, 4.69) is 0 Å². The Hall–Kier alpha value is -2.50. The van der Waals surface area contributed by atoms with Crippen LogP contribution in [0.2, 0.25) is 0 Å². The number of benzene rings is 1. The van der Waals surface area contributed by atoms with Crippen LogP contribution < -0.4 is 15.2 Å². The van der Waals surface area contributed by atoms with Crippen LogP contribution in [-0.4, -0.2) is 43.5 Å². The van der Waals surface area contributed by atoms with Crippen LogP contribution in [0.3, 0.4) is 0 Å². The van der Waals surface area contributed by atoms with Crippen LogP contribution in [0.25, 0.3) is 6.08 Å². The molecule has 24 heavy (non-hydrogen) atoms. The van der Waals surface area contributed by atoms with Gasteiger partial charge in [0.25, 0.3) is 0 Å². The van der Waals surface area contributed by atoms with E-state index in [0.717, 1.165) is 31.2 Å². The number of para-hydroxylation sites is 1. The molecule has 1 aromatic rings. The summed E-state index contributed by atoms with van der Waals surface area (Å²) in [5, 5.41) is 0. The molecule has 0 aliphatic heterocycles. The van der Waals surface area contributed by atoms with Crippen molar-refractivity contribution in [3.8, 4) is 11.5 Å². The van der Waals surface area contributed by atoms with Crippen LogP contribution in [0, 0.1) is 0 Å². The molecule has 0 unspecified atom stereocenters. The smallest absolute Gasteiger partial charge is 0.247 e. The van der Waals surface area contributed by atoms with Gasteiger partial charge in [0, 0.05) is 17.7 Å². The molecule has 0 atom stereocenters. The number of carbonyl (C=O) groups excluding carboxylic acids is 2. The second-order valence-corrected chi connectivity index (χ2v) is 5.79. The van der Waals surface area contributed by atoms with Crippen LogP contribution >= 0.6 is 0 Å². The zero-order valence-electron chi connectivity index (χ0n) is 14.2. The van der Waals surface area contributed by atoms with E-state index in [1.807, 2.05) is 12.1 Å². The van der Waals surface area contributed by atoms with Crippen LogP contribution in [-0.2, 0) is 9.59 Å². The number of rotatable bonds is 7. The summed E-state index contributed by atoms with van der Waals surface area (Å²) >= 11 is 0. The second kappa shape index (κ2) is 8.38. The van der Waals surface area contributed by atoms with Crippen molar-refractivity contribution in [2.45, 2.75) is 31.7 Å². The fraction of sp³-hybridized carbons (Fsp3) is 0.444. The molecule has 1 aromatic carbocycles. The van der Waals surface area contributed by atoms with Crippen molar-refractivity contribution in [2.24, 2.45) is 5.73 Å². The Kier molecular flexibility index (Phi) is 6.23. The van der Waals surface area contributed by atoms with Gasteiger partial charge in [0.05, 0.1) is 20.8 Å². The molecular formula is C18H24N2O4. The highest BCUT2D eigenvalue weighted by atomic mass is 16.5. The van der Waals surface area contributed by atoms with E-state index in [4.69, 9.17) is 15.2 Å². The maximum atomic E-state index is 12.6. The van der Waals surface area contributed by atoms with Gasteiger partial charge in [-0.1, -0.05) is 25.0 Å². The van der Waals surface area contributed by atoms with Gasteiger partial charge >= 0.3 is 0 Å². The van der Waals surface area contributed by atoms with Gasteiger partial charge in [-0.25, -0.2) is 0 Å². The second-order valence-electron chi connectivity index (χ2n) is 5.79. The van der Waals surface area contributed by atoms with Gasteiger partial charge in [-0.15, -0.1) is 0 Å². The normalized spacial score (nSPS) is 14.8. The lowest BCUT2D eigenvalue weighted by atomic mass is 10.1. The van der Waals surface area contributed by atoms with Crippen LogP contribution in [0.1, 0.15) is 31.2 Å². The summed E-state index contributed by atoms with van der Waals surface area (Å²) < 4.78 is 10.6. The lowest BCUT2D eigenvalue weighted by molar-refractivity contribution is -0.133. The van der Waals surface area contributed by atoms with Gasteiger partial charge in [-0.3, -0.25) is 9.59 Å². The minimum Gasteiger partial charge on any atom is -0.493 e. The molecule has 2 N–H and O–H groups in total. The van der Waals surface area contributed by atoms with Crippen molar-refractivity contribution < 1.29 is 19.1 Å². The third-order valence-corrected chi connectivity index (χ3v) is 4.21. The van der Waals surface area contributed by atoms with Crippen molar-refractivity contribution in [1.29, 1.82) is 0 Å². The van der Waals surface area contributed by atoms with Gasteiger partial charge in [0.1, 0.15) is 0 Å². The van der Waals surface area contributed by atoms with E-state index >= 15 is 0 Å². The molecule has 0 radical (unpaired) electrons. The average molecular weight is 332 g/mol. The zero-order valence-corrected chi connectivity index (χ0v) is 14.2. The zero-order chi connectivity index (χ0) is 17.5. The van der Waals surface area contributed by atoms with E-state index in [1.54, 1.807) is 31.3 Å². The molecule has 0 saturated heterocycles. The van der Waals surface area contributed by atoms with E-state index in [0.29, 0.717) is 11.5 Å². The van der Waals surface area contributed by atoms with E-state index < -0.39 is 5.91 Å². The SMILES string of the molecule is COc1cccc(/C=C\C(=O)N(CC(N)=O)C2CCCC2)c1OC. The molecule has 0 bridgehead atoms. The molecule has 130 valence electrons. The number of nitrogens with zero attached hydrogens (tertiary/aromatic N) is 1. The fourth-order valence-electron chi connectivity index (χ4n) is 3.07. The number of carbonyl (C=O) groups is 2. The van der Waals surface area contributed by atoms with Crippen molar-refractivity contribution in [2.75, 3.05) is 20.8 Å². The first kappa shape index (κ1) is 17.8. The summed E-state index contributed by atoms with van der Waals surface area (Å²) in [6.07, 6.45) is 7.09. The number of nitrogens with two attached hydrogens (primary N) is 1. The predicted molar refractivity (Wildman–Crippen MR) is 91.7 cm³/mol. The van der Waals surface area contributed by atoms with Gasteiger partial charge < -0.3 is 20.1 Å². The predicted octanol–water partition coefficient (Wildman–Crippen LogP) is 1.97. The molecule has 2 rings (SSSR count). The monoisotopic (exact) mass is 332 g/mol. The lowest BCUT2D eigenvalue weighted by Gasteiger charge is -2.26. The van der Waals surface area contributed by atoms with Crippen molar-refractivity contribution in [3.63, 3.8) is 0 Å². The molecule has 2 amide bonds.